The highest BCUT2D eigenvalue weighted by Crippen LogP contribution is 2.35. The van der Waals surface area contributed by atoms with Gasteiger partial charge in [0.05, 0.1) is 27.5 Å². The molecule has 1 N–H and O–H groups in total. The minimum absolute atomic E-state index is 0.793. The van der Waals surface area contributed by atoms with Crippen LogP contribution in [0.3, 0.4) is 0 Å². The third-order valence-electron chi connectivity index (χ3n) is 4.40. The van der Waals surface area contributed by atoms with Crippen molar-refractivity contribution in [3.05, 3.63) is 62.2 Å². The Labute approximate surface area is 157 Å². The Morgan fingerprint density at radius 1 is 1.17 bits per heavy atom. The Morgan fingerprint density at radius 2 is 1.92 bits per heavy atom. The average molecular weight is 448 g/mol. The fourth-order valence-electron chi connectivity index (χ4n) is 3.33. The monoisotopic (exact) mass is 446 g/mol. The first kappa shape index (κ1) is 15.9. The third kappa shape index (κ3) is 2.70. The lowest BCUT2D eigenvalue weighted by Gasteiger charge is -2.15. The zero-order valence-corrected chi connectivity index (χ0v) is 16.4. The van der Waals surface area contributed by atoms with Gasteiger partial charge in [-0.2, -0.15) is 0 Å². The molecule has 0 spiro atoms. The summed E-state index contributed by atoms with van der Waals surface area (Å²) in [5.41, 5.74) is 6.08. The maximum Gasteiger partial charge on any atom is 0.147 e. The number of rotatable bonds is 3. The number of aromatic amines is 1. The predicted octanol–water partition coefficient (Wildman–Crippen LogP) is 5.29. The van der Waals surface area contributed by atoms with Crippen LogP contribution >= 0.6 is 31.9 Å². The summed E-state index contributed by atoms with van der Waals surface area (Å²) in [7, 11) is 1.67. The van der Waals surface area contributed by atoms with Gasteiger partial charge in [-0.05, 0) is 67.6 Å². The van der Waals surface area contributed by atoms with Crippen LogP contribution in [-0.2, 0) is 12.8 Å². The largest absolute Gasteiger partial charge is 0.494 e. The molecular formula is C19H16Br2N2O. The average Bonchev–Trinajstić information content (AvgIpc) is 2.95. The Balaban J connectivity index is 1.73. The molecule has 3 aromatic rings. The molecule has 0 amide bonds. The second-order valence-electron chi connectivity index (χ2n) is 5.87. The molecule has 4 rings (SSSR count). The summed E-state index contributed by atoms with van der Waals surface area (Å²) in [6.07, 6.45) is 1.79. The summed E-state index contributed by atoms with van der Waals surface area (Å²) in [4.78, 5) is 8.35. The van der Waals surface area contributed by atoms with Gasteiger partial charge in [0.15, 0.2) is 0 Å². The van der Waals surface area contributed by atoms with Gasteiger partial charge in [-0.3, -0.25) is 4.99 Å². The van der Waals surface area contributed by atoms with Crippen molar-refractivity contribution in [2.75, 3.05) is 13.7 Å². The SMILES string of the molecule is COc1c(Br)cc(CC2=NCCc3c2[nH]c2ccccc32)cc1Br. The van der Waals surface area contributed by atoms with E-state index in [1.165, 1.54) is 27.7 Å². The highest BCUT2D eigenvalue weighted by molar-refractivity contribution is 9.11. The van der Waals surface area contributed by atoms with Crippen molar-refractivity contribution in [3.8, 4) is 5.75 Å². The fraction of sp³-hybridized carbons (Fsp3) is 0.211. The number of hydrogen-bond acceptors (Lipinski definition) is 2. The van der Waals surface area contributed by atoms with E-state index < -0.39 is 0 Å². The number of benzene rings is 2. The van der Waals surface area contributed by atoms with Crippen LogP contribution in [-0.4, -0.2) is 24.4 Å². The van der Waals surface area contributed by atoms with E-state index in [0.717, 1.165) is 39.8 Å². The van der Waals surface area contributed by atoms with Crippen LogP contribution in [0.15, 0.2) is 50.3 Å². The Bertz CT molecular complexity index is 936. The molecule has 0 aliphatic carbocycles. The van der Waals surface area contributed by atoms with Crippen molar-refractivity contribution in [3.63, 3.8) is 0 Å². The van der Waals surface area contributed by atoms with Gasteiger partial charge in [0.25, 0.3) is 0 Å². The lowest BCUT2D eigenvalue weighted by Crippen LogP contribution is -2.15. The minimum atomic E-state index is 0.793. The number of nitrogens with zero attached hydrogens (tertiary/aromatic N) is 1. The molecule has 122 valence electrons. The van der Waals surface area contributed by atoms with E-state index in [2.05, 4.69) is 73.2 Å². The van der Waals surface area contributed by atoms with Crippen molar-refractivity contribution in [2.45, 2.75) is 12.8 Å². The van der Waals surface area contributed by atoms with E-state index >= 15 is 0 Å². The topological polar surface area (TPSA) is 37.4 Å². The number of hydrogen-bond donors (Lipinski definition) is 1. The Kier molecular flexibility index (Phi) is 4.22. The number of methoxy groups -OCH3 is 1. The van der Waals surface area contributed by atoms with Gasteiger partial charge in [-0.15, -0.1) is 0 Å². The summed E-state index contributed by atoms with van der Waals surface area (Å²) in [5.74, 6) is 0.815. The fourth-order valence-corrected chi connectivity index (χ4v) is 4.94. The van der Waals surface area contributed by atoms with Crippen molar-refractivity contribution in [1.82, 2.24) is 4.98 Å². The molecule has 0 radical (unpaired) electrons. The van der Waals surface area contributed by atoms with Crippen molar-refractivity contribution in [1.29, 1.82) is 0 Å². The first-order valence-corrected chi connectivity index (χ1v) is 9.41. The molecule has 2 heterocycles. The number of aromatic nitrogens is 1. The zero-order chi connectivity index (χ0) is 16.7. The van der Waals surface area contributed by atoms with Crippen LogP contribution in [0.2, 0.25) is 0 Å². The summed E-state index contributed by atoms with van der Waals surface area (Å²) >= 11 is 7.16. The lowest BCUT2D eigenvalue weighted by atomic mass is 9.98. The van der Waals surface area contributed by atoms with Crippen LogP contribution in [0.25, 0.3) is 10.9 Å². The van der Waals surface area contributed by atoms with Crippen molar-refractivity contribution < 1.29 is 4.74 Å². The Hall–Kier alpha value is -1.59. The molecule has 5 heteroatoms. The number of fused-ring (bicyclic) bond motifs is 3. The van der Waals surface area contributed by atoms with Gasteiger partial charge < -0.3 is 9.72 Å². The molecule has 1 aromatic heterocycles. The van der Waals surface area contributed by atoms with Gasteiger partial charge in [-0.25, -0.2) is 0 Å². The quantitative estimate of drug-likeness (QED) is 0.581. The molecule has 1 aliphatic rings. The molecule has 24 heavy (non-hydrogen) atoms. The molecule has 0 saturated heterocycles. The number of aliphatic imine (C=N–C) groups is 1. The van der Waals surface area contributed by atoms with E-state index in [1.807, 2.05) is 0 Å². The van der Waals surface area contributed by atoms with Crippen LogP contribution < -0.4 is 4.74 Å². The zero-order valence-electron chi connectivity index (χ0n) is 13.2. The van der Waals surface area contributed by atoms with Crippen LogP contribution in [0.4, 0.5) is 0 Å². The number of para-hydroxylation sites is 1. The predicted molar refractivity (Wildman–Crippen MR) is 106 cm³/mol. The van der Waals surface area contributed by atoms with E-state index in [-0.39, 0.29) is 0 Å². The lowest BCUT2D eigenvalue weighted by molar-refractivity contribution is 0.409. The second-order valence-corrected chi connectivity index (χ2v) is 7.58. The van der Waals surface area contributed by atoms with Gasteiger partial charge >= 0.3 is 0 Å². The molecule has 1 aliphatic heterocycles. The molecular weight excluding hydrogens is 432 g/mol. The molecule has 2 aromatic carbocycles. The molecule has 0 fully saturated rings. The number of nitrogens with one attached hydrogen (secondary N) is 1. The summed E-state index contributed by atoms with van der Waals surface area (Å²) in [5, 5.41) is 1.32. The first-order chi connectivity index (χ1) is 11.7. The number of ether oxygens (including phenoxy) is 1. The van der Waals surface area contributed by atoms with Crippen molar-refractivity contribution >= 4 is 48.5 Å². The minimum Gasteiger partial charge on any atom is -0.494 e. The van der Waals surface area contributed by atoms with Gasteiger partial charge in [-0.1, -0.05) is 18.2 Å². The maximum absolute atomic E-state index is 5.39. The van der Waals surface area contributed by atoms with Gasteiger partial charge in [0.2, 0.25) is 0 Å². The van der Waals surface area contributed by atoms with Gasteiger partial charge in [0.1, 0.15) is 5.75 Å². The molecule has 0 unspecified atom stereocenters. The standard InChI is InChI=1S/C19H16Br2N2O/c1-24-19-14(20)8-11(9-15(19)21)10-17-18-13(6-7-22-17)12-4-2-3-5-16(12)23-18/h2-5,8-9,23H,6-7,10H2,1H3. The highest BCUT2D eigenvalue weighted by atomic mass is 79.9. The van der Waals surface area contributed by atoms with E-state index in [9.17, 15) is 0 Å². The van der Waals surface area contributed by atoms with Crippen LogP contribution in [0.1, 0.15) is 16.8 Å². The van der Waals surface area contributed by atoms with Gasteiger partial charge in [0, 0.05) is 23.9 Å². The van der Waals surface area contributed by atoms with E-state index in [1.54, 1.807) is 7.11 Å². The molecule has 0 atom stereocenters. The highest BCUT2D eigenvalue weighted by Gasteiger charge is 2.20. The van der Waals surface area contributed by atoms with Crippen LogP contribution in [0, 0.1) is 0 Å². The summed E-state index contributed by atoms with van der Waals surface area (Å²) < 4.78 is 7.28. The first-order valence-electron chi connectivity index (χ1n) is 7.82. The summed E-state index contributed by atoms with van der Waals surface area (Å²) in [6.45, 7) is 0.850. The third-order valence-corrected chi connectivity index (χ3v) is 5.58. The molecule has 3 nitrogen and oxygen atoms in total. The summed E-state index contributed by atoms with van der Waals surface area (Å²) in [6, 6.07) is 12.7. The normalized spacial score (nSPS) is 13.7. The smallest absolute Gasteiger partial charge is 0.147 e. The van der Waals surface area contributed by atoms with Crippen molar-refractivity contribution in [2.24, 2.45) is 4.99 Å². The van der Waals surface area contributed by atoms with Crippen LogP contribution in [0.5, 0.6) is 5.75 Å². The Morgan fingerprint density at radius 3 is 2.67 bits per heavy atom. The number of H-pyrrole nitrogens is 1. The number of halogens is 2. The second kappa shape index (κ2) is 6.37. The maximum atomic E-state index is 5.39. The van der Waals surface area contributed by atoms with E-state index in [4.69, 9.17) is 9.73 Å². The molecule has 0 saturated carbocycles. The molecule has 0 bridgehead atoms. The van der Waals surface area contributed by atoms with E-state index in [0.29, 0.717) is 0 Å².